The normalized spacial score (nSPS) is 18.8. The first kappa shape index (κ1) is 26.3. The Labute approximate surface area is 207 Å². The van der Waals surface area contributed by atoms with Crippen LogP contribution in [0.2, 0.25) is 0 Å². The predicted octanol–water partition coefficient (Wildman–Crippen LogP) is 6.13. The Morgan fingerprint density at radius 2 is 1.40 bits per heavy atom. The molecule has 2 atom stereocenters. The van der Waals surface area contributed by atoms with Gasteiger partial charge in [0.15, 0.2) is 0 Å². The molecule has 0 bridgehead atoms. The predicted molar refractivity (Wildman–Crippen MR) is 135 cm³/mol. The molecule has 1 aliphatic rings. The monoisotopic (exact) mass is 480 g/mol. The number of nitrogens with one attached hydrogen (secondary N) is 1. The molecule has 2 aromatic rings. The van der Waals surface area contributed by atoms with Crippen molar-refractivity contribution >= 4 is 23.8 Å². The standard InChI is InChI=1S/C28H36N2O5/c1-18(2)28(22(19-14-10-9-11-15-19)29-24(32)34-26(3,4)5)20-16-12-13-17-21(20)30(23(28)31)25(33)35-27(6,7)8/h9-18,22H,1-8H3,(H,29,32)/t22-,28+/m0/s1. The average molecular weight is 481 g/mol. The Morgan fingerprint density at radius 3 is 1.94 bits per heavy atom. The van der Waals surface area contributed by atoms with Crippen molar-refractivity contribution in [2.45, 2.75) is 78.0 Å². The number of fused-ring (bicyclic) bond motifs is 1. The quantitative estimate of drug-likeness (QED) is 0.569. The van der Waals surface area contributed by atoms with Gasteiger partial charge in [-0.05, 0) is 64.7 Å². The molecule has 0 aromatic heterocycles. The summed E-state index contributed by atoms with van der Waals surface area (Å²) in [6.45, 7) is 14.4. The number of carbonyl (C=O) groups is 3. The Hall–Kier alpha value is -3.35. The number of amides is 3. The first-order chi connectivity index (χ1) is 16.2. The van der Waals surface area contributed by atoms with Crippen LogP contribution in [0.5, 0.6) is 0 Å². The van der Waals surface area contributed by atoms with Crippen LogP contribution in [0.15, 0.2) is 54.6 Å². The smallest absolute Gasteiger partial charge is 0.421 e. The summed E-state index contributed by atoms with van der Waals surface area (Å²) >= 11 is 0. The molecule has 188 valence electrons. The van der Waals surface area contributed by atoms with Crippen LogP contribution in [0.25, 0.3) is 0 Å². The second kappa shape index (κ2) is 9.36. The van der Waals surface area contributed by atoms with Gasteiger partial charge in [0.1, 0.15) is 16.6 Å². The van der Waals surface area contributed by atoms with Crippen molar-refractivity contribution in [1.29, 1.82) is 0 Å². The zero-order valence-corrected chi connectivity index (χ0v) is 21.8. The number of para-hydroxylation sites is 1. The average Bonchev–Trinajstić information content (AvgIpc) is 2.99. The highest BCUT2D eigenvalue weighted by Gasteiger charge is 2.60. The molecule has 2 aromatic carbocycles. The van der Waals surface area contributed by atoms with Crippen LogP contribution in [-0.2, 0) is 19.7 Å². The van der Waals surface area contributed by atoms with Crippen LogP contribution < -0.4 is 10.2 Å². The number of hydrogen-bond acceptors (Lipinski definition) is 5. The van der Waals surface area contributed by atoms with E-state index < -0.39 is 40.8 Å². The molecule has 1 aliphatic heterocycles. The fourth-order valence-electron chi connectivity index (χ4n) is 4.62. The zero-order chi connectivity index (χ0) is 26.2. The second-order valence-corrected chi connectivity index (χ2v) is 11.2. The molecule has 0 radical (unpaired) electrons. The van der Waals surface area contributed by atoms with Gasteiger partial charge in [-0.15, -0.1) is 0 Å². The fourth-order valence-corrected chi connectivity index (χ4v) is 4.62. The van der Waals surface area contributed by atoms with E-state index in [4.69, 9.17) is 9.47 Å². The van der Waals surface area contributed by atoms with Crippen molar-refractivity contribution in [1.82, 2.24) is 5.32 Å². The van der Waals surface area contributed by atoms with E-state index in [2.05, 4.69) is 5.32 Å². The number of nitrogens with zero attached hydrogens (tertiary/aromatic N) is 1. The van der Waals surface area contributed by atoms with Gasteiger partial charge in [0.2, 0.25) is 5.91 Å². The summed E-state index contributed by atoms with van der Waals surface area (Å²) in [7, 11) is 0. The van der Waals surface area contributed by atoms with Crippen LogP contribution in [0, 0.1) is 5.92 Å². The molecule has 1 heterocycles. The minimum absolute atomic E-state index is 0.302. The molecular weight excluding hydrogens is 444 g/mol. The maximum Gasteiger partial charge on any atom is 0.421 e. The maximum atomic E-state index is 14.4. The van der Waals surface area contributed by atoms with Crippen LogP contribution in [0.1, 0.15) is 72.6 Å². The van der Waals surface area contributed by atoms with Gasteiger partial charge in [0, 0.05) is 0 Å². The SMILES string of the molecule is CC(C)[C@@]1([C@@H](NC(=O)OC(C)(C)C)c2ccccc2)C(=O)N(C(=O)OC(C)(C)C)c2ccccc21. The van der Waals surface area contributed by atoms with Crippen molar-refractivity contribution in [3.8, 4) is 0 Å². The number of imide groups is 1. The lowest BCUT2D eigenvalue weighted by atomic mass is 9.65. The molecule has 0 fully saturated rings. The van der Waals surface area contributed by atoms with Crippen molar-refractivity contribution in [3.05, 3.63) is 65.7 Å². The van der Waals surface area contributed by atoms with Gasteiger partial charge in [-0.3, -0.25) is 4.79 Å². The third-order valence-electron chi connectivity index (χ3n) is 5.88. The van der Waals surface area contributed by atoms with E-state index in [0.717, 1.165) is 10.5 Å². The van der Waals surface area contributed by atoms with E-state index >= 15 is 0 Å². The molecular formula is C28H36N2O5. The van der Waals surface area contributed by atoms with Gasteiger partial charge in [0.05, 0.1) is 11.7 Å². The molecule has 1 N–H and O–H groups in total. The molecule has 0 unspecified atom stereocenters. The summed E-state index contributed by atoms with van der Waals surface area (Å²) in [4.78, 5) is 41.8. The Balaban J connectivity index is 2.23. The van der Waals surface area contributed by atoms with Gasteiger partial charge < -0.3 is 14.8 Å². The lowest BCUT2D eigenvalue weighted by molar-refractivity contribution is -0.125. The largest absolute Gasteiger partial charge is 0.444 e. The molecule has 3 amide bonds. The van der Waals surface area contributed by atoms with E-state index in [1.165, 1.54) is 0 Å². The molecule has 7 heteroatoms. The van der Waals surface area contributed by atoms with Crippen molar-refractivity contribution in [2.24, 2.45) is 5.92 Å². The Bertz CT molecular complexity index is 1100. The van der Waals surface area contributed by atoms with Crippen LogP contribution in [0.4, 0.5) is 15.3 Å². The molecule has 0 aliphatic carbocycles. The number of rotatable bonds is 4. The summed E-state index contributed by atoms with van der Waals surface area (Å²) in [5.74, 6) is -0.753. The first-order valence-electron chi connectivity index (χ1n) is 11.9. The highest BCUT2D eigenvalue weighted by atomic mass is 16.6. The van der Waals surface area contributed by atoms with Crippen molar-refractivity contribution < 1.29 is 23.9 Å². The number of ether oxygens (including phenoxy) is 2. The van der Waals surface area contributed by atoms with Crippen molar-refractivity contribution in [3.63, 3.8) is 0 Å². The summed E-state index contributed by atoms with van der Waals surface area (Å²) in [5, 5.41) is 2.97. The first-order valence-corrected chi connectivity index (χ1v) is 11.9. The lowest BCUT2D eigenvalue weighted by Crippen LogP contribution is -2.55. The molecule has 0 saturated heterocycles. The fraction of sp³-hybridized carbons (Fsp3) is 0.464. The molecule has 7 nitrogen and oxygen atoms in total. The molecule has 3 rings (SSSR count). The van der Waals surface area contributed by atoms with Gasteiger partial charge in [-0.2, -0.15) is 0 Å². The Kier molecular flexibility index (Phi) is 7.02. The number of carbonyl (C=O) groups excluding carboxylic acids is 3. The van der Waals surface area contributed by atoms with Gasteiger partial charge in [-0.25, -0.2) is 14.5 Å². The summed E-state index contributed by atoms with van der Waals surface area (Å²) in [5.41, 5.74) is -0.977. The summed E-state index contributed by atoms with van der Waals surface area (Å²) < 4.78 is 11.2. The minimum Gasteiger partial charge on any atom is -0.444 e. The van der Waals surface area contributed by atoms with Crippen LogP contribution in [-0.4, -0.2) is 29.3 Å². The molecule has 0 saturated carbocycles. The summed E-state index contributed by atoms with van der Waals surface area (Å²) in [6.07, 6.45) is -1.39. The minimum atomic E-state index is -1.29. The van der Waals surface area contributed by atoms with E-state index in [0.29, 0.717) is 11.3 Å². The summed E-state index contributed by atoms with van der Waals surface area (Å²) in [6, 6.07) is 15.7. The van der Waals surface area contributed by atoms with E-state index in [9.17, 15) is 14.4 Å². The zero-order valence-electron chi connectivity index (χ0n) is 21.8. The number of anilines is 1. The highest BCUT2D eigenvalue weighted by molar-refractivity contribution is 6.21. The molecule has 0 spiro atoms. The van der Waals surface area contributed by atoms with Crippen molar-refractivity contribution in [2.75, 3.05) is 4.90 Å². The third-order valence-corrected chi connectivity index (χ3v) is 5.88. The van der Waals surface area contributed by atoms with E-state index in [1.54, 1.807) is 53.7 Å². The molecule has 35 heavy (non-hydrogen) atoms. The number of hydrogen-bond donors (Lipinski definition) is 1. The van der Waals surface area contributed by atoms with Gasteiger partial charge in [0.25, 0.3) is 0 Å². The third kappa shape index (κ3) is 5.19. The Morgan fingerprint density at radius 1 is 0.857 bits per heavy atom. The second-order valence-electron chi connectivity index (χ2n) is 11.2. The van der Waals surface area contributed by atoms with Gasteiger partial charge >= 0.3 is 12.2 Å². The van der Waals surface area contributed by atoms with Crippen LogP contribution in [0.3, 0.4) is 0 Å². The lowest BCUT2D eigenvalue weighted by Gasteiger charge is -2.40. The van der Waals surface area contributed by atoms with Gasteiger partial charge in [-0.1, -0.05) is 62.4 Å². The van der Waals surface area contributed by atoms with E-state index in [1.807, 2.05) is 56.3 Å². The van der Waals surface area contributed by atoms with E-state index in [-0.39, 0.29) is 5.92 Å². The van der Waals surface area contributed by atoms with Crippen LogP contribution >= 0.6 is 0 Å². The topological polar surface area (TPSA) is 84.9 Å². The highest BCUT2D eigenvalue weighted by Crippen LogP contribution is 2.53. The maximum absolute atomic E-state index is 14.4. The number of alkyl carbamates (subject to hydrolysis) is 1. The number of benzene rings is 2.